The molecule has 2 amide bonds. The summed E-state index contributed by atoms with van der Waals surface area (Å²) >= 11 is 0. The highest BCUT2D eigenvalue weighted by Crippen LogP contribution is 2.20. The van der Waals surface area contributed by atoms with E-state index in [1.165, 1.54) is 0 Å². The monoisotopic (exact) mass is 511 g/mol. The lowest BCUT2D eigenvalue weighted by Crippen LogP contribution is -2.40. The van der Waals surface area contributed by atoms with Crippen LogP contribution in [0.1, 0.15) is 51.8 Å². The molecule has 0 fully saturated rings. The number of hydrogen-bond donors (Lipinski definition) is 3. The minimum Gasteiger partial charge on any atom is -0.340 e. The molecule has 1 aromatic heterocycles. The maximum absolute atomic E-state index is 13.5. The molecule has 0 saturated heterocycles. The highest BCUT2D eigenvalue weighted by molar-refractivity contribution is 5.97. The van der Waals surface area contributed by atoms with Gasteiger partial charge in [-0.2, -0.15) is 0 Å². The third-order valence-electron chi connectivity index (χ3n) is 5.73. The number of halogens is 2. The van der Waals surface area contributed by atoms with Gasteiger partial charge in [0, 0.05) is 25.4 Å². The number of hydrogen-bond acceptors (Lipinski definition) is 4. The Morgan fingerprint density at radius 3 is 2.24 bits per heavy atom. The molecule has 1 heterocycles. The van der Waals surface area contributed by atoms with Gasteiger partial charge < -0.3 is 20.5 Å². The molecule has 0 saturated carbocycles. The number of carbonyl (C=O) groups excluding carboxylic acids is 2. The molecular formula is C28H35F2N5O2. The third kappa shape index (κ3) is 8.49. The summed E-state index contributed by atoms with van der Waals surface area (Å²) in [5, 5.41) is 8.93. The third-order valence-corrected chi connectivity index (χ3v) is 5.73. The summed E-state index contributed by atoms with van der Waals surface area (Å²) in [7, 11) is 0. The zero-order chi connectivity index (χ0) is 27.2. The lowest BCUT2D eigenvalue weighted by atomic mass is 9.96. The van der Waals surface area contributed by atoms with Gasteiger partial charge in [0.15, 0.2) is 5.82 Å². The van der Waals surface area contributed by atoms with Gasteiger partial charge in [0.25, 0.3) is 5.91 Å². The molecule has 198 valence electrons. The summed E-state index contributed by atoms with van der Waals surface area (Å²) in [4.78, 5) is 30.3. The van der Waals surface area contributed by atoms with Gasteiger partial charge in [0.05, 0.1) is 18.3 Å². The molecule has 7 nitrogen and oxygen atoms in total. The number of nitrogens with one attached hydrogen (secondary N) is 3. The first-order chi connectivity index (χ1) is 17.3. The van der Waals surface area contributed by atoms with Crippen LogP contribution < -0.4 is 16.0 Å². The molecule has 1 atom stereocenters. The molecule has 0 aliphatic carbocycles. The van der Waals surface area contributed by atoms with Gasteiger partial charge in [-0.15, -0.1) is 0 Å². The van der Waals surface area contributed by atoms with Crippen molar-refractivity contribution in [2.24, 2.45) is 5.41 Å². The fourth-order valence-corrected chi connectivity index (χ4v) is 3.81. The Hall–Kier alpha value is -3.59. The molecule has 9 heteroatoms. The second-order valence-corrected chi connectivity index (χ2v) is 11.0. The van der Waals surface area contributed by atoms with Crippen molar-refractivity contribution in [3.63, 3.8) is 0 Å². The van der Waals surface area contributed by atoms with E-state index >= 15 is 0 Å². The van der Waals surface area contributed by atoms with Crippen LogP contribution in [0.15, 0.2) is 61.1 Å². The van der Waals surface area contributed by atoms with E-state index in [4.69, 9.17) is 0 Å². The van der Waals surface area contributed by atoms with Crippen molar-refractivity contribution in [2.75, 3.05) is 18.4 Å². The van der Waals surface area contributed by atoms with E-state index in [0.29, 0.717) is 17.9 Å². The van der Waals surface area contributed by atoms with E-state index < -0.39 is 29.5 Å². The first-order valence-electron chi connectivity index (χ1n) is 12.2. The summed E-state index contributed by atoms with van der Waals surface area (Å²) in [5.74, 6) is -2.24. The lowest BCUT2D eigenvalue weighted by molar-refractivity contribution is -0.126. The van der Waals surface area contributed by atoms with Gasteiger partial charge in [-0.25, -0.2) is 13.8 Å². The Kier molecular flexibility index (Phi) is 8.81. The van der Waals surface area contributed by atoms with E-state index in [1.807, 2.05) is 4.57 Å². The molecule has 3 aromatic rings. The molecular weight excluding hydrogens is 476 g/mol. The Labute approximate surface area is 216 Å². The highest BCUT2D eigenvalue weighted by atomic mass is 19.1. The van der Waals surface area contributed by atoms with Crippen LogP contribution in [0.3, 0.4) is 0 Å². The quantitative estimate of drug-likeness (QED) is 0.372. The van der Waals surface area contributed by atoms with Crippen molar-refractivity contribution < 1.29 is 18.4 Å². The molecule has 0 radical (unpaired) electrons. The summed E-state index contributed by atoms with van der Waals surface area (Å²) in [6, 6.07) is 10.6. The Morgan fingerprint density at radius 2 is 1.62 bits per heavy atom. The van der Waals surface area contributed by atoms with Crippen molar-refractivity contribution in [1.29, 1.82) is 0 Å². The van der Waals surface area contributed by atoms with Crippen molar-refractivity contribution in [3.8, 4) is 0 Å². The van der Waals surface area contributed by atoms with Gasteiger partial charge in [-0.3, -0.25) is 9.59 Å². The minimum absolute atomic E-state index is 0.157. The van der Waals surface area contributed by atoms with Gasteiger partial charge >= 0.3 is 0 Å². The van der Waals surface area contributed by atoms with Crippen LogP contribution in [0.2, 0.25) is 0 Å². The molecule has 0 aliphatic rings. The molecule has 0 bridgehead atoms. The number of rotatable bonds is 10. The van der Waals surface area contributed by atoms with E-state index in [-0.39, 0.29) is 22.9 Å². The number of imidazole rings is 1. The first-order valence-corrected chi connectivity index (χ1v) is 12.2. The largest absolute Gasteiger partial charge is 0.340 e. The van der Waals surface area contributed by atoms with Gasteiger partial charge in [-0.05, 0) is 42.5 Å². The second-order valence-electron chi connectivity index (χ2n) is 11.0. The van der Waals surface area contributed by atoms with Crippen LogP contribution >= 0.6 is 0 Å². The predicted octanol–water partition coefficient (Wildman–Crippen LogP) is 4.57. The molecule has 37 heavy (non-hydrogen) atoms. The minimum atomic E-state index is -1.03. The topological polar surface area (TPSA) is 88.1 Å². The zero-order valence-electron chi connectivity index (χ0n) is 21.9. The van der Waals surface area contributed by atoms with Gasteiger partial charge in [0.2, 0.25) is 5.91 Å². The number of nitrogens with zero attached hydrogens (tertiary/aromatic N) is 2. The van der Waals surface area contributed by atoms with Crippen molar-refractivity contribution >= 4 is 17.6 Å². The van der Waals surface area contributed by atoms with Gasteiger partial charge in [-0.1, -0.05) is 51.1 Å². The normalized spacial score (nSPS) is 12.7. The Balaban J connectivity index is 1.71. The SMILES string of the molecule is CC(C)(C)CNCC(C)(C)n1cnc(NC(=O)C(NC(=O)Cc2cc(F)cc(F)c2)c2ccccc2)c1. The smallest absolute Gasteiger partial charge is 0.252 e. The number of carbonyl (C=O) groups is 2. The zero-order valence-corrected chi connectivity index (χ0v) is 21.9. The maximum atomic E-state index is 13.5. The van der Waals surface area contributed by atoms with Crippen molar-refractivity contribution in [1.82, 2.24) is 20.2 Å². The standard InChI is InChI=1S/C28H35F2N5O2/c1-27(2,3)16-31-17-28(4,5)35-15-23(32-18-35)33-26(37)25(20-9-7-6-8-10-20)34-24(36)13-19-11-21(29)14-22(30)12-19/h6-12,14-15,18,25,31H,13,16-17H2,1-5H3,(H,33,37)(H,34,36). The van der Waals surface area contributed by atoms with E-state index in [9.17, 15) is 18.4 Å². The van der Waals surface area contributed by atoms with Crippen LogP contribution in [0.25, 0.3) is 0 Å². The summed E-state index contributed by atoms with van der Waals surface area (Å²) < 4.78 is 29.0. The van der Waals surface area contributed by atoms with Crippen LogP contribution in [0, 0.1) is 17.0 Å². The average molecular weight is 512 g/mol. The summed E-state index contributed by atoms with van der Waals surface area (Å²) in [6.45, 7) is 12.2. The molecule has 3 rings (SSSR count). The van der Waals surface area contributed by atoms with Crippen molar-refractivity contribution in [3.05, 3.63) is 83.8 Å². The van der Waals surface area contributed by atoms with Crippen LogP contribution in [0.5, 0.6) is 0 Å². The average Bonchev–Trinajstić information content (AvgIpc) is 3.26. The molecule has 2 aromatic carbocycles. The fraction of sp³-hybridized carbons (Fsp3) is 0.393. The van der Waals surface area contributed by atoms with E-state index in [1.54, 1.807) is 42.9 Å². The Morgan fingerprint density at radius 1 is 0.973 bits per heavy atom. The van der Waals surface area contributed by atoms with Crippen LogP contribution in [-0.2, 0) is 21.5 Å². The first kappa shape index (κ1) is 28.0. The van der Waals surface area contributed by atoms with E-state index in [0.717, 1.165) is 24.7 Å². The molecule has 0 aliphatic heterocycles. The fourth-order valence-electron chi connectivity index (χ4n) is 3.81. The van der Waals surface area contributed by atoms with Crippen molar-refractivity contribution in [2.45, 2.75) is 52.6 Å². The highest BCUT2D eigenvalue weighted by Gasteiger charge is 2.25. The second kappa shape index (κ2) is 11.6. The van der Waals surface area contributed by atoms with Crippen LogP contribution in [0.4, 0.5) is 14.6 Å². The van der Waals surface area contributed by atoms with Gasteiger partial charge in [0.1, 0.15) is 17.7 Å². The molecule has 1 unspecified atom stereocenters. The number of benzene rings is 2. The lowest BCUT2D eigenvalue weighted by Gasteiger charge is -2.29. The Bertz CT molecular complexity index is 1200. The number of anilines is 1. The van der Waals surface area contributed by atoms with E-state index in [2.05, 4.69) is 55.6 Å². The van der Waals surface area contributed by atoms with Crippen LogP contribution in [-0.4, -0.2) is 34.5 Å². The number of aromatic nitrogens is 2. The summed E-state index contributed by atoms with van der Waals surface area (Å²) in [6.07, 6.45) is 3.12. The number of amides is 2. The molecule has 0 spiro atoms. The summed E-state index contributed by atoms with van der Waals surface area (Å²) in [5.41, 5.74) is 0.589. The predicted molar refractivity (Wildman–Crippen MR) is 140 cm³/mol. The maximum Gasteiger partial charge on any atom is 0.252 e. The molecule has 3 N–H and O–H groups in total.